The van der Waals surface area contributed by atoms with E-state index in [9.17, 15) is 18.0 Å². The molecule has 1 N–H and O–H groups in total. The maximum atomic E-state index is 13.1. The zero-order chi connectivity index (χ0) is 23.8. The number of aromatic nitrogens is 4. The van der Waals surface area contributed by atoms with Crippen molar-refractivity contribution in [1.82, 2.24) is 19.6 Å². The van der Waals surface area contributed by atoms with E-state index in [1.807, 2.05) is 44.2 Å². The SMILES string of the molecule is Cc1cc(NC(=O)Cc2c(C)nn(-c3ccccc3)c2C)n(-c2cccc(C(F)(F)F)c2)n1. The van der Waals surface area contributed by atoms with Gasteiger partial charge in [-0.05, 0) is 51.1 Å². The Morgan fingerprint density at radius 1 is 0.909 bits per heavy atom. The number of para-hydroxylation sites is 1. The molecule has 170 valence electrons. The molecule has 2 aromatic carbocycles. The Morgan fingerprint density at radius 3 is 2.30 bits per heavy atom. The molecule has 9 heteroatoms. The maximum Gasteiger partial charge on any atom is 0.416 e. The van der Waals surface area contributed by atoms with Gasteiger partial charge < -0.3 is 5.32 Å². The monoisotopic (exact) mass is 453 g/mol. The lowest BCUT2D eigenvalue weighted by Crippen LogP contribution is -2.18. The van der Waals surface area contributed by atoms with E-state index in [1.165, 1.54) is 16.8 Å². The van der Waals surface area contributed by atoms with Crippen LogP contribution in [0, 0.1) is 20.8 Å². The summed E-state index contributed by atoms with van der Waals surface area (Å²) in [7, 11) is 0. The number of hydrogen-bond donors (Lipinski definition) is 1. The third-order valence-electron chi connectivity index (χ3n) is 5.30. The molecule has 4 aromatic rings. The maximum absolute atomic E-state index is 13.1. The fourth-order valence-electron chi connectivity index (χ4n) is 3.70. The number of alkyl halides is 3. The number of carbonyl (C=O) groups excluding carboxylic acids is 1. The summed E-state index contributed by atoms with van der Waals surface area (Å²) in [5, 5.41) is 11.6. The van der Waals surface area contributed by atoms with Gasteiger partial charge in [0, 0.05) is 17.3 Å². The molecule has 0 saturated heterocycles. The summed E-state index contributed by atoms with van der Waals surface area (Å²) in [6, 6.07) is 16.0. The van der Waals surface area contributed by atoms with Gasteiger partial charge in [0.05, 0.1) is 34.7 Å². The highest BCUT2D eigenvalue weighted by molar-refractivity contribution is 5.92. The van der Waals surface area contributed by atoms with Gasteiger partial charge in [0.1, 0.15) is 5.82 Å². The average molecular weight is 453 g/mol. The van der Waals surface area contributed by atoms with Crippen molar-refractivity contribution in [3.05, 3.63) is 88.9 Å². The summed E-state index contributed by atoms with van der Waals surface area (Å²) in [5.41, 5.74) is 3.24. The van der Waals surface area contributed by atoms with Gasteiger partial charge in [-0.1, -0.05) is 24.3 Å². The first-order valence-electron chi connectivity index (χ1n) is 10.3. The van der Waals surface area contributed by atoms with Crippen LogP contribution in [0.4, 0.5) is 19.0 Å². The first kappa shape index (κ1) is 22.3. The minimum Gasteiger partial charge on any atom is -0.310 e. The number of anilines is 1. The van der Waals surface area contributed by atoms with Gasteiger partial charge in [-0.2, -0.15) is 23.4 Å². The standard InChI is InChI=1S/C24H22F3N5O/c1-15-12-22(32(29-15)20-11-7-8-18(13-20)24(25,26)27)28-23(33)14-21-16(2)30-31(17(21)3)19-9-5-4-6-10-19/h4-13H,14H2,1-3H3,(H,28,33). The summed E-state index contributed by atoms with van der Waals surface area (Å²) in [4.78, 5) is 12.9. The highest BCUT2D eigenvalue weighted by Gasteiger charge is 2.30. The van der Waals surface area contributed by atoms with Crippen LogP contribution in [0.1, 0.15) is 28.2 Å². The van der Waals surface area contributed by atoms with E-state index in [2.05, 4.69) is 15.5 Å². The molecule has 0 fully saturated rings. The van der Waals surface area contributed by atoms with Crippen molar-refractivity contribution in [2.75, 3.05) is 5.32 Å². The number of carbonyl (C=O) groups is 1. The quantitative estimate of drug-likeness (QED) is 0.453. The molecule has 0 saturated carbocycles. The molecule has 0 spiro atoms. The normalized spacial score (nSPS) is 11.6. The number of halogens is 3. The van der Waals surface area contributed by atoms with Crippen molar-refractivity contribution >= 4 is 11.7 Å². The topological polar surface area (TPSA) is 64.7 Å². The largest absolute Gasteiger partial charge is 0.416 e. The Hall–Kier alpha value is -3.88. The Labute approximate surface area is 188 Å². The number of nitrogens with one attached hydrogen (secondary N) is 1. The van der Waals surface area contributed by atoms with Crippen LogP contribution in [0.3, 0.4) is 0 Å². The van der Waals surface area contributed by atoms with Crippen LogP contribution in [0.25, 0.3) is 11.4 Å². The third kappa shape index (κ3) is 4.67. The number of benzene rings is 2. The van der Waals surface area contributed by atoms with Gasteiger partial charge in [0.2, 0.25) is 5.91 Å². The van der Waals surface area contributed by atoms with Gasteiger partial charge in [-0.3, -0.25) is 4.79 Å². The molecule has 2 heterocycles. The van der Waals surface area contributed by atoms with E-state index in [0.29, 0.717) is 11.5 Å². The van der Waals surface area contributed by atoms with Gasteiger partial charge in [-0.25, -0.2) is 9.36 Å². The number of amides is 1. The van der Waals surface area contributed by atoms with Crippen molar-refractivity contribution < 1.29 is 18.0 Å². The van der Waals surface area contributed by atoms with Crippen LogP contribution >= 0.6 is 0 Å². The van der Waals surface area contributed by atoms with E-state index in [-0.39, 0.29) is 18.0 Å². The third-order valence-corrected chi connectivity index (χ3v) is 5.30. The lowest BCUT2D eigenvalue weighted by Gasteiger charge is -2.12. The van der Waals surface area contributed by atoms with E-state index < -0.39 is 11.7 Å². The minimum atomic E-state index is -4.48. The summed E-state index contributed by atoms with van der Waals surface area (Å²) in [6.07, 6.45) is -4.41. The van der Waals surface area contributed by atoms with Crippen LogP contribution < -0.4 is 5.32 Å². The Morgan fingerprint density at radius 2 is 1.61 bits per heavy atom. The second-order valence-electron chi connectivity index (χ2n) is 7.75. The molecule has 0 aliphatic heterocycles. The first-order valence-corrected chi connectivity index (χ1v) is 10.3. The molecule has 0 unspecified atom stereocenters. The molecule has 0 atom stereocenters. The Balaban J connectivity index is 1.59. The molecule has 6 nitrogen and oxygen atoms in total. The van der Waals surface area contributed by atoms with Crippen molar-refractivity contribution in [2.24, 2.45) is 0 Å². The highest BCUT2D eigenvalue weighted by atomic mass is 19.4. The number of aryl methyl sites for hydroxylation is 2. The zero-order valence-corrected chi connectivity index (χ0v) is 18.3. The van der Waals surface area contributed by atoms with Crippen molar-refractivity contribution in [1.29, 1.82) is 0 Å². The van der Waals surface area contributed by atoms with Gasteiger partial charge in [0.15, 0.2) is 0 Å². The second-order valence-corrected chi connectivity index (χ2v) is 7.75. The molecular weight excluding hydrogens is 431 g/mol. The summed E-state index contributed by atoms with van der Waals surface area (Å²) >= 11 is 0. The van der Waals surface area contributed by atoms with Gasteiger partial charge in [0.25, 0.3) is 0 Å². The highest BCUT2D eigenvalue weighted by Crippen LogP contribution is 2.31. The molecule has 33 heavy (non-hydrogen) atoms. The molecule has 2 aromatic heterocycles. The Bertz CT molecular complexity index is 1310. The molecule has 4 rings (SSSR count). The van der Waals surface area contributed by atoms with Crippen LogP contribution in [0.2, 0.25) is 0 Å². The lowest BCUT2D eigenvalue weighted by atomic mass is 10.1. The molecular formula is C24H22F3N5O. The number of nitrogens with zero attached hydrogens (tertiary/aromatic N) is 4. The smallest absolute Gasteiger partial charge is 0.310 e. The number of hydrogen-bond acceptors (Lipinski definition) is 3. The molecule has 0 aliphatic carbocycles. The van der Waals surface area contributed by atoms with Crippen LogP contribution in [-0.2, 0) is 17.4 Å². The van der Waals surface area contributed by atoms with Gasteiger partial charge in [-0.15, -0.1) is 0 Å². The molecule has 0 aliphatic rings. The van der Waals surface area contributed by atoms with Crippen LogP contribution in [0.5, 0.6) is 0 Å². The van der Waals surface area contributed by atoms with E-state index in [0.717, 1.165) is 34.8 Å². The summed E-state index contributed by atoms with van der Waals surface area (Å²) in [5.74, 6) is -0.0236. The summed E-state index contributed by atoms with van der Waals surface area (Å²) < 4.78 is 42.5. The van der Waals surface area contributed by atoms with Crippen molar-refractivity contribution in [2.45, 2.75) is 33.4 Å². The predicted octanol–water partition coefficient (Wildman–Crippen LogP) is 5.18. The van der Waals surface area contributed by atoms with Crippen molar-refractivity contribution in [3.8, 4) is 11.4 Å². The van der Waals surface area contributed by atoms with Gasteiger partial charge >= 0.3 is 6.18 Å². The Kier molecular flexibility index (Phi) is 5.80. The van der Waals surface area contributed by atoms with Crippen molar-refractivity contribution in [3.63, 3.8) is 0 Å². The average Bonchev–Trinajstić information content (AvgIpc) is 3.27. The lowest BCUT2D eigenvalue weighted by molar-refractivity contribution is -0.137. The van der Waals surface area contributed by atoms with Crippen LogP contribution in [0.15, 0.2) is 60.7 Å². The van der Waals surface area contributed by atoms with Crippen LogP contribution in [-0.4, -0.2) is 25.5 Å². The first-order chi connectivity index (χ1) is 15.6. The van der Waals surface area contributed by atoms with E-state index in [4.69, 9.17) is 0 Å². The predicted molar refractivity (Wildman–Crippen MR) is 119 cm³/mol. The summed E-state index contributed by atoms with van der Waals surface area (Å²) in [6.45, 7) is 5.44. The fourth-order valence-corrected chi connectivity index (χ4v) is 3.70. The number of rotatable bonds is 5. The van der Waals surface area contributed by atoms with E-state index >= 15 is 0 Å². The van der Waals surface area contributed by atoms with E-state index in [1.54, 1.807) is 17.7 Å². The molecule has 0 bridgehead atoms. The molecule has 1 amide bonds. The molecule has 0 radical (unpaired) electrons. The minimum absolute atomic E-state index is 0.0668. The zero-order valence-electron chi connectivity index (χ0n) is 18.3. The second kappa shape index (κ2) is 8.57. The fraction of sp³-hybridized carbons (Fsp3) is 0.208.